The van der Waals surface area contributed by atoms with E-state index in [2.05, 4.69) is 15.9 Å². The first-order valence-corrected chi connectivity index (χ1v) is 8.39. The Morgan fingerprint density at radius 2 is 1.64 bits per heavy atom. The standard InChI is InChI=1S/C19H14BrNO4/c20-13-7-5-12(6-8-13)11-16-14-3-1-2-4-15(14)18(24)21(19(16)25)10-9-17(22)23/h1-8,11H,9-10H2,(H,22,23)/p-1/b16-11-. The minimum absolute atomic E-state index is 0.216. The van der Waals surface area contributed by atoms with Gasteiger partial charge < -0.3 is 9.90 Å². The van der Waals surface area contributed by atoms with E-state index >= 15 is 0 Å². The molecule has 3 rings (SSSR count). The summed E-state index contributed by atoms with van der Waals surface area (Å²) < 4.78 is 0.913. The molecule has 0 saturated heterocycles. The molecule has 0 bridgehead atoms. The van der Waals surface area contributed by atoms with Crippen molar-refractivity contribution in [1.82, 2.24) is 4.90 Å². The Balaban J connectivity index is 2.07. The van der Waals surface area contributed by atoms with Crippen LogP contribution in [0.5, 0.6) is 0 Å². The maximum atomic E-state index is 12.8. The van der Waals surface area contributed by atoms with Crippen molar-refractivity contribution < 1.29 is 19.5 Å². The summed E-state index contributed by atoms with van der Waals surface area (Å²) in [6.07, 6.45) is 1.30. The van der Waals surface area contributed by atoms with Gasteiger partial charge >= 0.3 is 0 Å². The van der Waals surface area contributed by atoms with Crippen LogP contribution in [-0.2, 0) is 9.59 Å². The molecule has 0 spiro atoms. The van der Waals surface area contributed by atoms with Gasteiger partial charge in [0, 0.05) is 34.5 Å². The maximum Gasteiger partial charge on any atom is 0.261 e. The van der Waals surface area contributed by atoms with Gasteiger partial charge in [0.15, 0.2) is 0 Å². The Hall–Kier alpha value is -2.73. The normalized spacial score (nSPS) is 15.4. The molecule has 2 aromatic carbocycles. The molecule has 6 heteroatoms. The fourth-order valence-electron chi connectivity index (χ4n) is 2.67. The lowest BCUT2D eigenvalue weighted by Crippen LogP contribution is -2.43. The van der Waals surface area contributed by atoms with Gasteiger partial charge in [0.25, 0.3) is 11.8 Å². The van der Waals surface area contributed by atoms with Gasteiger partial charge in [0.2, 0.25) is 0 Å². The molecule has 126 valence electrons. The van der Waals surface area contributed by atoms with Crippen molar-refractivity contribution >= 4 is 45.4 Å². The minimum atomic E-state index is -1.31. The number of halogens is 1. The molecule has 0 saturated carbocycles. The molecule has 0 atom stereocenters. The Labute approximate surface area is 152 Å². The van der Waals surface area contributed by atoms with Crippen LogP contribution in [0.2, 0.25) is 0 Å². The molecule has 2 aromatic rings. The Morgan fingerprint density at radius 1 is 1.00 bits per heavy atom. The molecular weight excluding hydrogens is 386 g/mol. The lowest BCUT2D eigenvalue weighted by Gasteiger charge is -2.28. The van der Waals surface area contributed by atoms with Crippen LogP contribution >= 0.6 is 15.9 Å². The lowest BCUT2D eigenvalue weighted by molar-refractivity contribution is -0.305. The van der Waals surface area contributed by atoms with E-state index in [1.165, 1.54) is 0 Å². The Morgan fingerprint density at radius 3 is 2.28 bits per heavy atom. The van der Waals surface area contributed by atoms with E-state index in [1.54, 1.807) is 30.3 Å². The highest BCUT2D eigenvalue weighted by Gasteiger charge is 2.34. The largest absolute Gasteiger partial charge is 0.550 e. The summed E-state index contributed by atoms with van der Waals surface area (Å²) in [5.41, 5.74) is 2.08. The van der Waals surface area contributed by atoms with E-state index in [1.807, 2.05) is 24.3 Å². The molecule has 0 unspecified atom stereocenters. The van der Waals surface area contributed by atoms with Crippen LogP contribution in [0.25, 0.3) is 11.6 Å². The summed E-state index contributed by atoms with van der Waals surface area (Å²) in [5, 5.41) is 10.7. The highest BCUT2D eigenvalue weighted by Crippen LogP contribution is 2.30. The van der Waals surface area contributed by atoms with Crippen molar-refractivity contribution in [3.05, 3.63) is 69.7 Å². The Kier molecular flexibility index (Phi) is 4.81. The molecule has 2 amide bonds. The molecule has 0 N–H and O–H groups in total. The second kappa shape index (κ2) is 7.03. The van der Waals surface area contributed by atoms with Gasteiger partial charge in [0.1, 0.15) is 0 Å². The molecule has 0 radical (unpaired) electrons. The van der Waals surface area contributed by atoms with Gasteiger partial charge in [-0.3, -0.25) is 14.5 Å². The number of carboxylic acids is 1. The van der Waals surface area contributed by atoms with E-state index in [9.17, 15) is 19.5 Å². The van der Waals surface area contributed by atoms with Gasteiger partial charge in [-0.05, 0) is 35.4 Å². The number of amides is 2. The number of benzene rings is 2. The predicted octanol–water partition coefficient (Wildman–Crippen LogP) is 2.11. The van der Waals surface area contributed by atoms with E-state index in [4.69, 9.17) is 0 Å². The van der Waals surface area contributed by atoms with E-state index < -0.39 is 24.2 Å². The zero-order valence-electron chi connectivity index (χ0n) is 13.1. The van der Waals surface area contributed by atoms with Crippen molar-refractivity contribution in [3.8, 4) is 0 Å². The molecule has 1 heterocycles. The van der Waals surface area contributed by atoms with Crippen LogP contribution in [0.1, 0.15) is 27.9 Å². The number of carboxylic acid groups (broad SMARTS) is 1. The number of aliphatic carboxylic acids is 1. The van der Waals surface area contributed by atoms with Gasteiger partial charge in [-0.15, -0.1) is 0 Å². The monoisotopic (exact) mass is 398 g/mol. The fraction of sp³-hybridized carbons (Fsp3) is 0.105. The third-order valence-corrected chi connectivity index (χ3v) is 4.42. The lowest BCUT2D eigenvalue weighted by atomic mass is 9.92. The van der Waals surface area contributed by atoms with Gasteiger partial charge in [0.05, 0.1) is 0 Å². The summed E-state index contributed by atoms with van der Waals surface area (Å²) in [5.74, 6) is -2.31. The summed E-state index contributed by atoms with van der Waals surface area (Å²) in [6.45, 7) is -0.216. The smallest absolute Gasteiger partial charge is 0.261 e. The average molecular weight is 399 g/mol. The topological polar surface area (TPSA) is 77.5 Å². The van der Waals surface area contributed by atoms with Crippen LogP contribution < -0.4 is 5.11 Å². The zero-order valence-corrected chi connectivity index (χ0v) is 14.7. The number of nitrogens with zero attached hydrogens (tertiary/aromatic N) is 1. The Bertz CT molecular complexity index is 887. The minimum Gasteiger partial charge on any atom is -0.550 e. The van der Waals surface area contributed by atoms with Crippen molar-refractivity contribution in [2.75, 3.05) is 6.54 Å². The SMILES string of the molecule is O=C([O-])CCN1C(=O)/C(=C\c2ccc(Br)cc2)c2ccccc2C1=O. The zero-order chi connectivity index (χ0) is 18.0. The summed E-state index contributed by atoms with van der Waals surface area (Å²) in [4.78, 5) is 37.0. The quantitative estimate of drug-likeness (QED) is 0.583. The van der Waals surface area contributed by atoms with Gasteiger partial charge in [-0.1, -0.05) is 46.3 Å². The first kappa shape index (κ1) is 17.1. The molecule has 5 nitrogen and oxygen atoms in total. The first-order valence-electron chi connectivity index (χ1n) is 7.60. The molecule has 0 aliphatic carbocycles. The number of carbonyl (C=O) groups is 3. The predicted molar refractivity (Wildman–Crippen MR) is 94.1 cm³/mol. The highest BCUT2D eigenvalue weighted by molar-refractivity contribution is 9.10. The van der Waals surface area contributed by atoms with E-state index in [0.29, 0.717) is 16.7 Å². The van der Waals surface area contributed by atoms with Gasteiger partial charge in [-0.25, -0.2) is 0 Å². The summed E-state index contributed by atoms with van der Waals surface area (Å²) >= 11 is 3.36. The van der Waals surface area contributed by atoms with Crippen molar-refractivity contribution in [2.45, 2.75) is 6.42 Å². The molecule has 25 heavy (non-hydrogen) atoms. The second-order valence-corrected chi connectivity index (χ2v) is 6.45. The van der Waals surface area contributed by atoms with Crippen LogP contribution in [0, 0.1) is 0 Å². The molecule has 1 aliphatic heterocycles. The fourth-order valence-corrected chi connectivity index (χ4v) is 2.94. The number of fused-ring (bicyclic) bond motifs is 1. The number of rotatable bonds is 4. The van der Waals surface area contributed by atoms with E-state index in [-0.39, 0.29) is 6.54 Å². The second-order valence-electron chi connectivity index (χ2n) is 5.54. The third-order valence-electron chi connectivity index (χ3n) is 3.89. The molecule has 0 fully saturated rings. The van der Waals surface area contributed by atoms with Gasteiger partial charge in [-0.2, -0.15) is 0 Å². The van der Waals surface area contributed by atoms with E-state index in [0.717, 1.165) is 14.9 Å². The van der Waals surface area contributed by atoms with Crippen molar-refractivity contribution in [2.24, 2.45) is 0 Å². The molecule has 0 aromatic heterocycles. The average Bonchev–Trinajstić information content (AvgIpc) is 2.60. The van der Waals surface area contributed by atoms with Crippen molar-refractivity contribution in [3.63, 3.8) is 0 Å². The van der Waals surface area contributed by atoms with Crippen molar-refractivity contribution in [1.29, 1.82) is 0 Å². The first-order chi connectivity index (χ1) is 12.0. The molecular formula is C19H13BrNO4-. The summed E-state index contributed by atoms with van der Waals surface area (Å²) in [7, 11) is 0. The third kappa shape index (κ3) is 3.53. The number of hydrogen-bond acceptors (Lipinski definition) is 4. The van der Waals surface area contributed by atoms with Crippen LogP contribution in [-0.4, -0.2) is 29.2 Å². The summed E-state index contributed by atoms with van der Waals surface area (Å²) in [6, 6.07) is 14.2. The number of carbonyl (C=O) groups excluding carboxylic acids is 3. The van der Waals surface area contributed by atoms with Crippen LogP contribution in [0.3, 0.4) is 0 Å². The number of imide groups is 1. The highest BCUT2D eigenvalue weighted by atomic mass is 79.9. The molecule has 1 aliphatic rings. The maximum absolute atomic E-state index is 12.8. The van der Waals surface area contributed by atoms with Crippen LogP contribution in [0.4, 0.5) is 0 Å². The van der Waals surface area contributed by atoms with Crippen LogP contribution in [0.15, 0.2) is 53.0 Å². The number of hydrogen-bond donors (Lipinski definition) is 0.